The van der Waals surface area contributed by atoms with Crippen molar-refractivity contribution in [3.8, 4) is 0 Å². The van der Waals surface area contributed by atoms with Crippen molar-refractivity contribution in [1.82, 2.24) is 0 Å². The van der Waals surface area contributed by atoms with E-state index in [1.165, 1.54) is 0 Å². The van der Waals surface area contributed by atoms with Gasteiger partial charge in [0.25, 0.3) is 0 Å². The van der Waals surface area contributed by atoms with Crippen LogP contribution in [0, 0.1) is 6.92 Å². The minimum atomic E-state index is -0.575. The Morgan fingerprint density at radius 3 is 2.45 bits per heavy atom. The molecule has 1 aromatic rings. The van der Waals surface area contributed by atoms with Gasteiger partial charge in [-0.2, -0.15) is 0 Å². The van der Waals surface area contributed by atoms with E-state index < -0.39 is 11.6 Å². The number of esters is 1. The predicted molar refractivity (Wildman–Crippen MR) is 80.1 cm³/mol. The number of hydrogen-bond donors (Lipinski definition) is 1. The Morgan fingerprint density at radius 1 is 1.25 bits per heavy atom. The van der Waals surface area contributed by atoms with Crippen LogP contribution in [0.25, 0.3) is 0 Å². The van der Waals surface area contributed by atoms with Gasteiger partial charge in [-0.25, -0.2) is 0 Å². The first-order valence-corrected chi connectivity index (χ1v) is 6.82. The van der Waals surface area contributed by atoms with Gasteiger partial charge >= 0.3 is 5.97 Å². The molecule has 1 aromatic carbocycles. The van der Waals surface area contributed by atoms with Crippen molar-refractivity contribution < 1.29 is 14.3 Å². The number of benzene rings is 1. The van der Waals surface area contributed by atoms with Crippen molar-refractivity contribution in [1.29, 1.82) is 0 Å². The fourth-order valence-corrected chi connectivity index (χ4v) is 1.84. The first kappa shape index (κ1) is 16.2. The van der Waals surface area contributed by atoms with Gasteiger partial charge in [-0.15, -0.1) is 0 Å². The first-order chi connectivity index (χ1) is 9.23. The Labute approximate surface area is 120 Å². The van der Waals surface area contributed by atoms with Gasteiger partial charge in [0.15, 0.2) is 5.78 Å². The van der Waals surface area contributed by atoms with Crippen molar-refractivity contribution in [3.63, 3.8) is 0 Å². The largest absolute Gasteiger partial charge is 0.460 e. The van der Waals surface area contributed by atoms with Crippen LogP contribution in [0.4, 0.5) is 5.69 Å². The second kappa shape index (κ2) is 6.55. The first-order valence-electron chi connectivity index (χ1n) is 6.82. The van der Waals surface area contributed by atoms with Gasteiger partial charge in [0, 0.05) is 17.8 Å². The van der Waals surface area contributed by atoms with E-state index >= 15 is 0 Å². The summed E-state index contributed by atoms with van der Waals surface area (Å²) in [5, 5.41) is 3.13. The topological polar surface area (TPSA) is 55.4 Å². The Morgan fingerprint density at radius 2 is 1.90 bits per heavy atom. The molecular formula is C16H23NO3. The monoisotopic (exact) mass is 277 g/mol. The number of ketones is 1. The fourth-order valence-electron chi connectivity index (χ4n) is 1.84. The second-order valence-electron chi connectivity index (χ2n) is 5.77. The van der Waals surface area contributed by atoms with Gasteiger partial charge in [0.1, 0.15) is 12.0 Å². The van der Waals surface area contributed by atoms with E-state index in [1.54, 1.807) is 26.8 Å². The lowest BCUT2D eigenvalue weighted by Gasteiger charge is -2.19. The second-order valence-corrected chi connectivity index (χ2v) is 5.77. The molecule has 0 saturated heterocycles. The minimum Gasteiger partial charge on any atom is -0.460 e. The van der Waals surface area contributed by atoms with Crippen LogP contribution in [0.5, 0.6) is 0 Å². The molecule has 0 aromatic heterocycles. The molecule has 0 amide bonds. The molecule has 0 aliphatic rings. The number of rotatable bonds is 5. The summed E-state index contributed by atoms with van der Waals surface area (Å²) >= 11 is 0. The summed E-state index contributed by atoms with van der Waals surface area (Å²) in [6.07, 6.45) is -0.237. The number of aryl methyl sites for hydroxylation is 1. The third-order valence-corrected chi connectivity index (χ3v) is 2.57. The van der Waals surface area contributed by atoms with Crippen molar-refractivity contribution >= 4 is 17.4 Å². The lowest BCUT2D eigenvalue weighted by atomic mass is 10.0. The van der Waals surface area contributed by atoms with E-state index in [1.807, 2.05) is 26.0 Å². The smallest absolute Gasteiger partial charge is 0.314 e. The highest BCUT2D eigenvalue weighted by Gasteiger charge is 2.21. The summed E-state index contributed by atoms with van der Waals surface area (Å²) in [4.78, 5) is 24.0. The molecular weight excluding hydrogens is 254 g/mol. The van der Waals surface area contributed by atoms with E-state index in [9.17, 15) is 9.59 Å². The number of anilines is 1. The third-order valence-electron chi connectivity index (χ3n) is 2.57. The maximum absolute atomic E-state index is 12.2. The molecule has 0 unspecified atom stereocenters. The van der Waals surface area contributed by atoms with Crippen LogP contribution in [0.1, 0.15) is 50.0 Å². The quantitative estimate of drug-likeness (QED) is 0.509. The molecule has 0 spiro atoms. The number of carbonyl (C=O) groups excluding carboxylic acids is 2. The Hall–Kier alpha value is -1.84. The van der Waals surface area contributed by atoms with Crippen molar-refractivity contribution in [2.45, 2.75) is 46.6 Å². The fraction of sp³-hybridized carbons (Fsp3) is 0.500. The molecule has 0 aliphatic carbocycles. The van der Waals surface area contributed by atoms with Crippen LogP contribution >= 0.6 is 0 Å². The van der Waals surface area contributed by atoms with Gasteiger partial charge in [0.2, 0.25) is 0 Å². The summed E-state index contributed by atoms with van der Waals surface area (Å²) in [6, 6.07) is 5.59. The number of hydrogen-bond acceptors (Lipinski definition) is 4. The lowest BCUT2D eigenvalue weighted by Crippen LogP contribution is -2.25. The Bertz CT molecular complexity index is 501. The number of carbonyl (C=O) groups is 2. The van der Waals surface area contributed by atoms with E-state index in [4.69, 9.17) is 4.74 Å². The van der Waals surface area contributed by atoms with Gasteiger partial charge in [-0.1, -0.05) is 11.6 Å². The van der Waals surface area contributed by atoms with Crippen molar-refractivity contribution in [2.75, 3.05) is 11.9 Å². The zero-order chi connectivity index (χ0) is 15.3. The Kier molecular flexibility index (Phi) is 5.31. The van der Waals surface area contributed by atoms with E-state index in [2.05, 4.69) is 5.32 Å². The molecule has 4 heteroatoms. The van der Waals surface area contributed by atoms with E-state index in [-0.39, 0.29) is 12.2 Å². The SMILES string of the molecule is CCNc1ccc(C)cc1C(=O)CC(=O)OC(C)(C)C. The molecule has 1 N–H and O–H groups in total. The highest BCUT2D eigenvalue weighted by molar-refractivity contribution is 6.09. The molecule has 0 saturated carbocycles. The molecule has 20 heavy (non-hydrogen) atoms. The summed E-state index contributed by atoms with van der Waals surface area (Å²) in [5.74, 6) is -0.717. The van der Waals surface area contributed by atoms with Gasteiger partial charge in [-0.05, 0) is 46.8 Å². The standard InChI is InChI=1S/C16H23NO3/c1-6-17-13-8-7-11(2)9-12(13)14(18)10-15(19)20-16(3,4)5/h7-9,17H,6,10H2,1-5H3. The minimum absolute atomic E-state index is 0.223. The zero-order valence-electron chi connectivity index (χ0n) is 12.9. The molecule has 4 nitrogen and oxygen atoms in total. The van der Waals surface area contributed by atoms with Crippen LogP contribution in [-0.2, 0) is 9.53 Å². The average Bonchev–Trinajstić information content (AvgIpc) is 2.29. The van der Waals surface area contributed by atoms with Crippen LogP contribution in [-0.4, -0.2) is 23.9 Å². The lowest BCUT2D eigenvalue weighted by molar-refractivity contribution is -0.153. The normalized spacial score (nSPS) is 11.1. The molecule has 0 atom stereocenters. The average molecular weight is 277 g/mol. The van der Waals surface area contributed by atoms with Gasteiger partial charge < -0.3 is 10.1 Å². The molecule has 0 radical (unpaired) electrons. The van der Waals surface area contributed by atoms with E-state index in [0.29, 0.717) is 5.56 Å². The number of nitrogens with one attached hydrogen (secondary N) is 1. The van der Waals surface area contributed by atoms with Crippen molar-refractivity contribution in [3.05, 3.63) is 29.3 Å². The third kappa shape index (κ3) is 5.03. The zero-order valence-corrected chi connectivity index (χ0v) is 12.9. The summed E-state index contributed by atoms with van der Waals surface area (Å²) < 4.78 is 5.18. The summed E-state index contributed by atoms with van der Waals surface area (Å²) in [5.41, 5.74) is 1.71. The van der Waals surface area contributed by atoms with Gasteiger partial charge in [-0.3, -0.25) is 9.59 Å². The predicted octanol–water partition coefficient (Wildman–Crippen LogP) is 3.34. The maximum Gasteiger partial charge on any atom is 0.314 e. The van der Waals surface area contributed by atoms with E-state index in [0.717, 1.165) is 17.8 Å². The number of Topliss-reactive ketones (excluding diaryl/α,β-unsaturated/α-hetero) is 1. The molecule has 110 valence electrons. The van der Waals surface area contributed by atoms with Gasteiger partial charge in [0.05, 0.1) is 0 Å². The van der Waals surface area contributed by atoms with Crippen LogP contribution in [0.2, 0.25) is 0 Å². The Balaban J connectivity index is 2.86. The molecule has 0 bridgehead atoms. The molecule has 0 aliphatic heterocycles. The van der Waals surface area contributed by atoms with Crippen LogP contribution in [0.3, 0.4) is 0 Å². The maximum atomic E-state index is 12.2. The number of ether oxygens (including phenoxy) is 1. The highest BCUT2D eigenvalue weighted by Crippen LogP contribution is 2.20. The molecule has 1 rings (SSSR count). The van der Waals surface area contributed by atoms with Crippen LogP contribution < -0.4 is 5.32 Å². The highest BCUT2D eigenvalue weighted by atomic mass is 16.6. The molecule has 0 heterocycles. The summed E-state index contributed by atoms with van der Waals surface area (Å²) in [6.45, 7) is 9.95. The van der Waals surface area contributed by atoms with Crippen molar-refractivity contribution in [2.24, 2.45) is 0 Å². The summed E-state index contributed by atoms with van der Waals surface area (Å²) in [7, 11) is 0. The molecule has 0 fully saturated rings. The van der Waals surface area contributed by atoms with Crippen LogP contribution in [0.15, 0.2) is 18.2 Å².